The minimum Gasteiger partial charge on any atom is -0.497 e. The number of aryl methyl sites for hydroxylation is 1. The number of methoxy groups -OCH3 is 1. The standard InChI is InChI=1S/C24H24N4O3/c1-5-13-28-16(3)20(21(25-24(28)29)17-11-9-15(2)10-12-17)23-26-22(27-31-23)18-7-6-8-19(14-18)30-4/h5-12,14,21H,1,13H2,2-4H3,(H,25,29). The molecule has 7 nitrogen and oxygen atoms in total. The molecule has 3 aromatic rings. The lowest BCUT2D eigenvalue weighted by Gasteiger charge is -2.34. The van der Waals surface area contributed by atoms with Gasteiger partial charge in [-0.15, -0.1) is 6.58 Å². The van der Waals surface area contributed by atoms with Crippen LogP contribution in [0.3, 0.4) is 0 Å². The number of rotatable bonds is 6. The number of benzene rings is 2. The molecule has 2 aromatic carbocycles. The SMILES string of the molecule is C=CCN1C(=O)NC(c2ccc(C)cc2)C(c2nc(-c3cccc(OC)c3)no2)=C1C. The van der Waals surface area contributed by atoms with Crippen molar-refractivity contribution in [2.45, 2.75) is 19.9 Å². The number of hydrogen-bond donors (Lipinski definition) is 1. The predicted molar refractivity (Wildman–Crippen MR) is 118 cm³/mol. The van der Waals surface area contributed by atoms with E-state index < -0.39 is 6.04 Å². The molecule has 0 fully saturated rings. The van der Waals surface area contributed by atoms with E-state index in [1.165, 1.54) is 0 Å². The lowest BCUT2D eigenvalue weighted by Crippen LogP contribution is -2.46. The Kier molecular flexibility index (Phi) is 5.58. The second-order valence-electron chi connectivity index (χ2n) is 7.35. The topological polar surface area (TPSA) is 80.5 Å². The average Bonchev–Trinajstić information content (AvgIpc) is 3.26. The van der Waals surface area contributed by atoms with Gasteiger partial charge in [-0.05, 0) is 31.5 Å². The maximum atomic E-state index is 12.8. The third-order valence-corrected chi connectivity index (χ3v) is 5.30. The largest absolute Gasteiger partial charge is 0.497 e. The van der Waals surface area contributed by atoms with Crippen LogP contribution in [0.1, 0.15) is 30.0 Å². The summed E-state index contributed by atoms with van der Waals surface area (Å²) in [5, 5.41) is 7.24. The van der Waals surface area contributed by atoms with Crippen molar-refractivity contribution in [3.05, 3.63) is 83.9 Å². The van der Waals surface area contributed by atoms with E-state index in [9.17, 15) is 4.79 Å². The molecule has 1 aromatic heterocycles. The zero-order valence-electron chi connectivity index (χ0n) is 17.8. The van der Waals surface area contributed by atoms with Gasteiger partial charge in [0.15, 0.2) is 0 Å². The highest BCUT2D eigenvalue weighted by molar-refractivity contribution is 5.87. The quantitative estimate of drug-likeness (QED) is 0.587. The van der Waals surface area contributed by atoms with Crippen molar-refractivity contribution >= 4 is 11.6 Å². The third-order valence-electron chi connectivity index (χ3n) is 5.30. The number of nitrogens with zero attached hydrogens (tertiary/aromatic N) is 3. The molecule has 2 amide bonds. The van der Waals surface area contributed by atoms with Crippen molar-refractivity contribution in [1.82, 2.24) is 20.4 Å². The van der Waals surface area contributed by atoms with Gasteiger partial charge in [-0.2, -0.15) is 4.98 Å². The van der Waals surface area contributed by atoms with E-state index in [4.69, 9.17) is 9.26 Å². The number of amides is 2. The second-order valence-corrected chi connectivity index (χ2v) is 7.35. The molecule has 31 heavy (non-hydrogen) atoms. The highest BCUT2D eigenvalue weighted by Crippen LogP contribution is 2.37. The summed E-state index contributed by atoms with van der Waals surface area (Å²) >= 11 is 0. The number of allylic oxidation sites excluding steroid dienone is 1. The first-order chi connectivity index (χ1) is 15.0. The molecule has 0 radical (unpaired) electrons. The number of carbonyl (C=O) groups is 1. The number of carbonyl (C=O) groups excluding carboxylic acids is 1. The fourth-order valence-electron chi connectivity index (χ4n) is 3.63. The first-order valence-corrected chi connectivity index (χ1v) is 9.96. The van der Waals surface area contributed by atoms with Crippen LogP contribution in [0.5, 0.6) is 5.75 Å². The molecule has 0 aliphatic carbocycles. The van der Waals surface area contributed by atoms with Crippen LogP contribution in [0.2, 0.25) is 0 Å². The van der Waals surface area contributed by atoms with Gasteiger partial charge in [0.1, 0.15) is 5.75 Å². The summed E-state index contributed by atoms with van der Waals surface area (Å²) in [6.45, 7) is 8.04. The first kappa shape index (κ1) is 20.4. The number of urea groups is 1. The molecule has 0 saturated carbocycles. The van der Waals surface area contributed by atoms with Crippen molar-refractivity contribution in [2.24, 2.45) is 0 Å². The van der Waals surface area contributed by atoms with E-state index in [1.54, 1.807) is 18.1 Å². The van der Waals surface area contributed by atoms with E-state index in [0.717, 1.165) is 28.0 Å². The van der Waals surface area contributed by atoms with Gasteiger partial charge in [0.25, 0.3) is 5.89 Å². The molecule has 1 N–H and O–H groups in total. The molecule has 0 bridgehead atoms. The summed E-state index contributed by atoms with van der Waals surface area (Å²) in [4.78, 5) is 19.0. The first-order valence-electron chi connectivity index (χ1n) is 9.96. The molecule has 0 saturated heterocycles. The fourth-order valence-corrected chi connectivity index (χ4v) is 3.63. The van der Waals surface area contributed by atoms with E-state index in [0.29, 0.717) is 24.0 Å². The average molecular weight is 416 g/mol. The molecular weight excluding hydrogens is 392 g/mol. The Bertz CT molecular complexity index is 1150. The highest BCUT2D eigenvalue weighted by atomic mass is 16.5. The molecule has 1 unspecified atom stereocenters. The van der Waals surface area contributed by atoms with Gasteiger partial charge in [-0.1, -0.05) is 53.2 Å². The lowest BCUT2D eigenvalue weighted by atomic mass is 9.94. The van der Waals surface area contributed by atoms with Gasteiger partial charge in [0, 0.05) is 17.8 Å². The number of hydrogen-bond acceptors (Lipinski definition) is 5. The lowest BCUT2D eigenvalue weighted by molar-refractivity contribution is 0.209. The number of aromatic nitrogens is 2. The molecule has 2 heterocycles. The Morgan fingerprint density at radius 2 is 2.00 bits per heavy atom. The summed E-state index contributed by atoms with van der Waals surface area (Å²) in [7, 11) is 1.61. The van der Waals surface area contributed by atoms with Crippen LogP contribution in [0.4, 0.5) is 4.79 Å². The van der Waals surface area contributed by atoms with Crippen molar-refractivity contribution in [1.29, 1.82) is 0 Å². The summed E-state index contributed by atoms with van der Waals surface area (Å²) in [5.74, 6) is 1.51. The van der Waals surface area contributed by atoms with Crippen molar-refractivity contribution in [2.75, 3.05) is 13.7 Å². The summed E-state index contributed by atoms with van der Waals surface area (Å²) in [6, 6.07) is 14.9. The Morgan fingerprint density at radius 1 is 1.23 bits per heavy atom. The van der Waals surface area contributed by atoms with Crippen LogP contribution in [0.15, 0.2) is 71.4 Å². The zero-order chi connectivity index (χ0) is 22.0. The van der Waals surface area contributed by atoms with E-state index in [2.05, 4.69) is 22.0 Å². The number of ether oxygens (including phenoxy) is 1. The van der Waals surface area contributed by atoms with Crippen LogP contribution in [0, 0.1) is 6.92 Å². The Hall–Kier alpha value is -3.87. The van der Waals surface area contributed by atoms with Crippen LogP contribution in [-0.2, 0) is 0 Å². The molecule has 1 aliphatic heterocycles. The van der Waals surface area contributed by atoms with Crippen LogP contribution < -0.4 is 10.1 Å². The van der Waals surface area contributed by atoms with Crippen molar-refractivity contribution < 1.29 is 14.1 Å². The minimum atomic E-state index is -0.409. The van der Waals surface area contributed by atoms with Gasteiger partial charge >= 0.3 is 6.03 Å². The Labute approximate surface area is 181 Å². The maximum Gasteiger partial charge on any atom is 0.322 e. The fraction of sp³-hybridized carbons (Fsp3) is 0.208. The van der Waals surface area contributed by atoms with Gasteiger partial charge in [-0.25, -0.2) is 4.79 Å². The van der Waals surface area contributed by atoms with Crippen LogP contribution in [0.25, 0.3) is 17.0 Å². The van der Waals surface area contributed by atoms with Gasteiger partial charge in [0.2, 0.25) is 5.82 Å². The third kappa shape index (κ3) is 3.94. The Balaban J connectivity index is 1.81. The molecule has 1 atom stereocenters. The van der Waals surface area contributed by atoms with Crippen LogP contribution >= 0.6 is 0 Å². The van der Waals surface area contributed by atoms with Gasteiger partial charge in [-0.3, -0.25) is 4.90 Å². The van der Waals surface area contributed by atoms with Gasteiger partial charge in [0.05, 0.1) is 18.7 Å². The summed E-state index contributed by atoms with van der Waals surface area (Å²) in [6.07, 6.45) is 1.68. The smallest absolute Gasteiger partial charge is 0.322 e. The van der Waals surface area contributed by atoms with Gasteiger partial charge < -0.3 is 14.6 Å². The summed E-state index contributed by atoms with van der Waals surface area (Å²) < 4.78 is 11.0. The van der Waals surface area contributed by atoms with E-state index >= 15 is 0 Å². The normalized spacial score (nSPS) is 16.3. The molecule has 1 aliphatic rings. The van der Waals surface area contributed by atoms with Crippen LogP contribution in [-0.4, -0.2) is 34.7 Å². The highest BCUT2D eigenvalue weighted by Gasteiger charge is 2.35. The molecule has 7 heteroatoms. The predicted octanol–water partition coefficient (Wildman–Crippen LogP) is 4.74. The Morgan fingerprint density at radius 3 is 2.71 bits per heavy atom. The van der Waals surface area contributed by atoms with E-state index in [1.807, 2.05) is 62.4 Å². The second kappa shape index (κ2) is 8.47. The minimum absolute atomic E-state index is 0.195. The maximum absolute atomic E-state index is 12.8. The van der Waals surface area contributed by atoms with Crippen molar-refractivity contribution in [3.8, 4) is 17.1 Å². The molecule has 4 rings (SSSR count). The molecular formula is C24H24N4O3. The summed E-state index contributed by atoms with van der Waals surface area (Å²) in [5.41, 5.74) is 4.36. The monoisotopic (exact) mass is 416 g/mol. The molecule has 0 spiro atoms. The van der Waals surface area contributed by atoms with E-state index in [-0.39, 0.29) is 6.03 Å². The molecule has 158 valence electrons. The number of nitrogens with one attached hydrogen (secondary N) is 1. The zero-order valence-corrected chi connectivity index (χ0v) is 17.8. The van der Waals surface area contributed by atoms with Crippen molar-refractivity contribution in [3.63, 3.8) is 0 Å².